The molecular formula is C23H20N4O2. The summed E-state index contributed by atoms with van der Waals surface area (Å²) in [7, 11) is 1.37. The number of nitriles is 3. The molecule has 29 heavy (non-hydrogen) atoms. The molecule has 6 nitrogen and oxygen atoms in total. The molecular weight excluding hydrogens is 364 g/mol. The first-order chi connectivity index (χ1) is 14.1. The summed E-state index contributed by atoms with van der Waals surface area (Å²) >= 11 is 0. The van der Waals surface area contributed by atoms with Gasteiger partial charge in [0.1, 0.15) is 12.1 Å². The number of hydrogen-bond acceptors (Lipinski definition) is 6. The first kappa shape index (κ1) is 21.2. The highest BCUT2D eigenvalue weighted by Crippen LogP contribution is 2.22. The summed E-state index contributed by atoms with van der Waals surface area (Å²) in [6.45, 7) is 3.32. The van der Waals surface area contributed by atoms with Gasteiger partial charge in [-0.3, -0.25) is 4.79 Å². The second-order valence-electron chi connectivity index (χ2n) is 6.15. The van der Waals surface area contributed by atoms with Crippen molar-refractivity contribution in [3.05, 3.63) is 64.7 Å². The maximum atomic E-state index is 11.4. The summed E-state index contributed by atoms with van der Waals surface area (Å²) in [5, 5.41) is 27.8. The van der Waals surface area contributed by atoms with Gasteiger partial charge in [0.25, 0.3) is 0 Å². The van der Waals surface area contributed by atoms with Crippen molar-refractivity contribution in [2.45, 2.75) is 13.3 Å². The molecule has 2 aromatic carbocycles. The first-order valence-electron chi connectivity index (χ1n) is 9.04. The van der Waals surface area contributed by atoms with Crippen LogP contribution in [0.5, 0.6) is 0 Å². The molecule has 0 bridgehead atoms. The Hall–Kier alpha value is -4.08. The first-order valence-corrected chi connectivity index (χ1v) is 9.04. The van der Waals surface area contributed by atoms with E-state index >= 15 is 0 Å². The summed E-state index contributed by atoms with van der Waals surface area (Å²) < 4.78 is 4.69. The quantitative estimate of drug-likeness (QED) is 0.408. The third-order valence-corrected chi connectivity index (χ3v) is 4.46. The van der Waals surface area contributed by atoms with E-state index in [0.29, 0.717) is 24.1 Å². The molecule has 0 saturated heterocycles. The maximum Gasteiger partial charge on any atom is 0.307 e. The number of carbonyl (C=O) groups excluding carboxylic acids is 1. The van der Waals surface area contributed by atoms with E-state index in [0.717, 1.165) is 17.8 Å². The van der Waals surface area contributed by atoms with Crippen LogP contribution in [0.15, 0.2) is 42.5 Å². The molecule has 0 atom stereocenters. The third-order valence-electron chi connectivity index (χ3n) is 4.46. The van der Waals surface area contributed by atoms with Crippen LogP contribution in [0.25, 0.3) is 11.6 Å². The Morgan fingerprint density at radius 1 is 1.07 bits per heavy atom. The lowest BCUT2D eigenvalue weighted by atomic mass is 9.99. The van der Waals surface area contributed by atoms with Crippen LogP contribution in [0.4, 0.5) is 5.69 Å². The minimum absolute atomic E-state index is 0.241. The molecule has 0 aliphatic rings. The van der Waals surface area contributed by atoms with Gasteiger partial charge < -0.3 is 9.64 Å². The monoisotopic (exact) mass is 384 g/mol. The molecule has 0 spiro atoms. The Bertz CT molecular complexity index is 1030. The van der Waals surface area contributed by atoms with Crippen LogP contribution in [-0.4, -0.2) is 26.2 Å². The van der Waals surface area contributed by atoms with E-state index in [1.807, 2.05) is 43.3 Å². The van der Waals surface area contributed by atoms with Crippen molar-refractivity contribution >= 4 is 23.3 Å². The highest BCUT2D eigenvalue weighted by molar-refractivity contribution is 5.90. The second kappa shape index (κ2) is 10.3. The van der Waals surface area contributed by atoms with Crippen molar-refractivity contribution in [3.8, 4) is 18.2 Å². The van der Waals surface area contributed by atoms with Crippen LogP contribution in [0, 0.1) is 34.0 Å². The Morgan fingerprint density at radius 2 is 1.76 bits per heavy atom. The van der Waals surface area contributed by atoms with Gasteiger partial charge in [-0.05, 0) is 48.4 Å². The molecule has 0 radical (unpaired) electrons. The fourth-order valence-electron chi connectivity index (χ4n) is 2.83. The number of esters is 1. The molecule has 2 aromatic rings. The van der Waals surface area contributed by atoms with Crippen LogP contribution in [0.2, 0.25) is 0 Å². The number of methoxy groups -OCH3 is 1. The van der Waals surface area contributed by atoms with E-state index in [4.69, 9.17) is 5.26 Å². The smallest absolute Gasteiger partial charge is 0.307 e. The van der Waals surface area contributed by atoms with E-state index in [1.54, 1.807) is 24.3 Å². The minimum Gasteiger partial charge on any atom is -0.469 e. The highest BCUT2D eigenvalue weighted by atomic mass is 16.5. The van der Waals surface area contributed by atoms with Gasteiger partial charge in [0, 0.05) is 18.8 Å². The molecule has 0 N–H and O–H groups in total. The normalized spacial score (nSPS) is 10.4. The summed E-state index contributed by atoms with van der Waals surface area (Å²) in [5.74, 6) is -0.249. The second-order valence-corrected chi connectivity index (χ2v) is 6.15. The summed E-state index contributed by atoms with van der Waals surface area (Å²) in [6.07, 6.45) is 2.04. The van der Waals surface area contributed by atoms with Crippen LogP contribution in [0.3, 0.4) is 0 Å². The molecule has 0 aliphatic carbocycles. The van der Waals surface area contributed by atoms with Gasteiger partial charge in [-0.2, -0.15) is 15.8 Å². The summed E-state index contributed by atoms with van der Waals surface area (Å²) in [4.78, 5) is 13.4. The zero-order valence-electron chi connectivity index (χ0n) is 16.3. The molecule has 0 saturated carbocycles. The zero-order chi connectivity index (χ0) is 21.2. The Balaban J connectivity index is 2.25. The van der Waals surface area contributed by atoms with E-state index in [1.165, 1.54) is 7.11 Å². The molecule has 6 heteroatoms. The average Bonchev–Trinajstić information content (AvgIpc) is 2.77. The van der Waals surface area contributed by atoms with Gasteiger partial charge >= 0.3 is 5.97 Å². The number of hydrogen-bond donors (Lipinski definition) is 0. The van der Waals surface area contributed by atoms with Gasteiger partial charge in [0.15, 0.2) is 0 Å². The van der Waals surface area contributed by atoms with Crippen molar-refractivity contribution in [1.29, 1.82) is 15.8 Å². The fourth-order valence-corrected chi connectivity index (χ4v) is 2.83. The van der Waals surface area contributed by atoms with Crippen molar-refractivity contribution in [1.82, 2.24) is 0 Å². The Labute approximate surface area is 170 Å². The number of nitrogens with zero attached hydrogens (tertiary/aromatic N) is 4. The topological polar surface area (TPSA) is 101 Å². The number of carbonyl (C=O) groups is 1. The predicted molar refractivity (Wildman–Crippen MR) is 110 cm³/mol. The van der Waals surface area contributed by atoms with Crippen LogP contribution in [-0.2, 0) is 9.53 Å². The van der Waals surface area contributed by atoms with Crippen LogP contribution >= 0.6 is 0 Å². The molecule has 144 valence electrons. The molecule has 0 amide bonds. The SMILES string of the molecule is CCN(CCC(=O)OC)c1ccc(/C=C(\C#N)c2ccc(C#N)c(C#N)c2)cc1. The van der Waals surface area contributed by atoms with Gasteiger partial charge in [-0.15, -0.1) is 0 Å². The third kappa shape index (κ3) is 5.45. The number of rotatable bonds is 7. The maximum absolute atomic E-state index is 11.4. The lowest BCUT2D eigenvalue weighted by Crippen LogP contribution is -2.26. The summed E-state index contributed by atoms with van der Waals surface area (Å²) in [6, 6.07) is 18.5. The minimum atomic E-state index is -0.249. The van der Waals surface area contributed by atoms with E-state index in [-0.39, 0.29) is 17.1 Å². The van der Waals surface area contributed by atoms with E-state index in [9.17, 15) is 15.3 Å². The molecule has 0 aromatic heterocycles. The van der Waals surface area contributed by atoms with Gasteiger partial charge in [-0.25, -0.2) is 0 Å². The lowest BCUT2D eigenvalue weighted by molar-refractivity contribution is -0.140. The predicted octanol–water partition coefficient (Wildman–Crippen LogP) is 3.88. The highest BCUT2D eigenvalue weighted by Gasteiger charge is 2.09. The fraction of sp³-hybridized carbons (Fsp3) is 0.217. The lowest BCUT2D eigenvalue weighted by Gasteiger charge is -2.22. The van der Waals surface area contributed by atoms with Crippen molar-refractivity contribution in [2.75, 3.05) is 25.1 Å². The van der Waals surface area contributed by atoms with Gasteiger partial charge in [0.05, 0.1) is 36.3 Å². The Morgan fingerprint density at radius 3 is 2.31 bits per heavy atom. The largest absolute Gasteiger partial charge is 0.469 e. The van der Waals surface area contributed by atoms with E-state index in [2.05, 4.69) is 15.7 Å². The van der Waals surface area contributed by atoms with E-state index < -0.39 is 0 Å². The molecule has 0 fully saturated rings. The molecule has 0 unspecified atom stereocenters. The zero-order valence-corrected chi connectivity index (χ0v) is 16.3. The van der Waals surface area contributed by atoms with Crippen molar-refractivity contribution in [2.24, 2.45) is 0 Å². The summed E-state index contributed by atoms with van der Waals surface area (Å²) in [5.41, 5.74) is 3.31. The average molecular weight is 384 g/mol. The van der Waals surface area contributed by atoms with Crippen LogP contribution < -0.4 is 4.90 Å². The number of benzene rings is 2. The number of ether oxygens (including phenoxy) is 1. The molecule has 2 rings (SSSR count). The number of anilines is 1. The Kier molecular flexibility index (Phi) is 7.54. The van der Waals surface area contributed by atoms with Crippen molar-refractivity contribution < 1.29 is 9.53 Å². The standard InChI is InChI=1S/C23H20N4O2/c1-3-27(11-10-23(28)29-2)22-8-4-17(5-9-22)12-20(15-25)18-6-7-19(14-24)21(13-18)16-26/h4-9,12-13H,3,10-11H2,1-2H3/b20-12+. The molecule has 0 aliphatic heterocycles. The van der Waals surface area contributed by atoms with Gasteiger partial charge in [0.2, 0.25) is 0 Å². The van der Waals surface area contributed by atoms with Crippen LogP contribution in [0.1, 0.15) is 35.6 Å². The molecule has 0 heterocycles. The van der Waals surface area contributed by atoms with Crippen molar-refractivity contribution in [3.63, 3.8) is 0 Å². The van der Waals surface area contributed by atoms with Gasteiger partial charge in [-0.1, -0.05) is 18.2 Å². The number of allylic oxidation sites excluding steroid dienone is 1.